The molecule has 0 saturated heterocycles. The minimum absolute atomic E-state index is 0.0932. The van der Waals surface area contributed by atoms with Crippen LogP contribution in [0.4, 0.5) is 15.8 Å². The maximum Gasteiger partial charge on any atom is 0.295 e. The lowest BCUT2D eigenvalue weighted by molar-refractivity contribution is 0.101. The average Bonchev–Trinajstić information content (AvgIpc) is 3.55. The molecule has 0 saturated carbocycles. The lowest BCUT2D eigenvalue weighted by atomic mass is 10.2. The third kappa shape index (κ3) is 4.97. The van der Waals surface area contributed by atoms with Crippen LogP contribution in [0.1, 0.15) is 21.0 Å². The maximum atomic E-state index is 13.8. The first kappa shape index (κ1) is 22.1. The molecule has 0 aliphatic rings. The number of hydrogen-bond acceptors (Lipinski definition) is 6. The Hall–Kier alpha value is -4.70. The summed E-state index contributed by atoms with van der Waals surface area (Å²) in [5, 5.41) is 11.7. The summed E-state index contributed by atoms with van der Waals surface area (Å²) in [6.07, 6.45) is 3.15. The number of benzene rings is 2. The van der Waals surface area contributed by atoms with E-state index in [2.05, 4.69) is 25.7 Å². The molecule has 0 radical (unpaired) electrons. The lowest BCUT2D eigenvalue weighted by Crippen LogP contribution is -2.16. The molecule has 10 heteroatoms. The second-order valence-electron chi connectivity index (χ2n) is 7.35. The van der Waals surface area contributed by atoms with E-state index in [1.54, 1.807) is 60.9 Å². The van der Waals surface area contributed by atoms with E-state index in [0.29, 0.717) is 28.5 Å². The smallest absolute Gasteiger partial charge is 0.295 e. The van der Waals surface area contributed by atoms with Crippen molar-refractivity contribution in [3.05, 3.63) is 108 Å². The Labute approximate surface area is 203 Å². The van der Waals surface area contributed by atoms with Crippen LogP contribution in [0, 0.1) is 5.82 Å². The van der Waals surface area contributed by atoms with E-state index in [0.717, 1.165) is 4.88 Å². The molecule has 0 atom stereocenters. The fraction of sp³-hybridized carbons (Fsp3) is 0. The number of halogens is 1. The van der Waals surface area contributed by atoms with Crippen LogP contribution in [0.2, 0.25) is 0 Å². The highest BCUT2D eigenvalue weighted by molar-refractivity contribution is 7.13. The Morgan fingerprint density at radius 1 is 0.857 bits per heavy atom. The number of thiophene rings is 1. The predicted molar refractivity (Wildman–Crippen MR) is 131 cm³/mol. The second kappa shape index (κ2) is 9.65. The Kier molecular flexibility index (Phi) is 6.10. The van der Waals surface area contributed by atoms with Gasteiger partial charge in [0.05, 0.1) is 10.6 Å². The first-order valence-corrected chi connectivity index (χ1v) is 11.3. The Morgan fingerprint density at radius 2 is 1.66 bits per heavy atom. The van der Waals surface area contributed by atoms with Crippen LogP contribution in [-0.4, -0.2) is 31.6 Å². The number of anilines is 2. The van der Waals surface area contributed by atoms with Crippen molar-refractivity contribution in [1.82, 2.24) is 19.7 Å². The van der Waals surface area contributed by atoms with Crippen molar-refractivity contribution in [2.45, 2.75) is 0 Å². The zero-order valence-corrected chi connectivity index (χ0v) is 18.9. The molecule has 8 nitrogen and oxygen atoms in total. The van der Waals surface area contributed by atoms with E-state index >= 15 is 0 Å². The molecule has 0 unspecified atom stereocenters. The molecule has 0 aliphatic heterocycles. The molecule has 0 spiro atoms. The number of pyridine rings is 1. The molecule has 2 amide bonds. The number of carbonyl (C=O) groups is 2. The molecule has 2 aromatic carbocycles. The van der Waals surface area contributed by atoms with Gasteiger partial charge >= 0.3 is 0 Å². The van der Waals surface area contributed by atoms with E-state index in [4.69, 9.17) is 0 Å². The molecular formula is C25H17FN6O2S. The third-order valence-electron chi connectivity index (χ3n) is 4.93. The van der Waals surface area contributed by atoms with Crippen molar-refractivity contribution in [2.24, 2.45) is 0 Å². The molecule has 3 aromatic heterocycles. The molecule has 0 bridgehead atoms. The first-order valence-electron chi connectivity index (χ1n) is 10.5. The van der Waals surface area contributed by atoms with Crippen LogP contribution in [0.15, 0.2) is 90.6 Å². The summed E-state index contributed by atoms with van der Waals surface area (Å²) in [7, 11) is 0. The van der Waals surface area contributed by atoms with Gasteiger partial charge in [-0.1, -0.05) is 18.2 Å². The Morgan fingerprint density at radius 3 is 2.43 bits per heavy atom. The van der Waals surface area contributed by atoms with Gasteiger partial charge in [0.15, 0.2) is 5.82 Å². The van der Waals surface area contributed by atoms with Crippen LogP contribution in [0.25, 0.3) is 16.4 Å². The summed E-state index contributed by atoms with van der Waals surface area (Å²) >= 11 is 1.43. The average molecular weight is 485 g/mol. The van der Waals surface area contributed by atoms with Crippen LogP contribution in [0.5, 0.6) is 0 Å². The zero-order valence-electron chi connectivity index (χ0n) is 18.1. The Bertz CT molecular complexity index is 1500. The van der Waals surface area contributed by atoms with Crippen molar-refractivity contribution in [2.75, 3.05) is 10.6 Å². The van der Waals surface area contributed by atoms with Gasteiger partial charge in [0.25, 0.3) is 11.8 Å². The molecular weight excluding hydrogens is 467 g/mol. The topological polar surface area (TPSA) is 102 Å². The number of hydrogen-bond donors (Lipinski definition) is 2. The van der Waals surface area contributed by atoms with Gasteiger partial charge in [-0.25, -0.2) is 14.1 Å². The third-order valence-corrected chi connectivity index (χ3v) is 5.79. The summed E-state index contributed by atoms with van der Waals surface area (Å²) in [5.74, 6) is -1.00. The SMILES string of the molecule is O=C(Nc1ccncc1)c1cccc(NC(=O)c2nc(-c3cccs3)n(-c3cccc(F)c3)n2)c1. The van der Waals surface area contributed by atoms with Crippen LogP contribution < -0.4 is 10.6 Å². The van der Waals surface area contributed by atoms with Gasteiger partial charge in [-0.15, -0.1) is 16.4 Å². The van der Waals surface area contributed by atoms with Crippen LogP contribution in [0.3, 0.4) is 0 Å². The number of aromatic nitrogens is 4. The largest absolute Gasteiger partial charge is 0.322 e. The van der Waals surface area contributed by atoms with E-state index in [1.165, 1.54) is 28.2 Å². The molecule has 2 N–H and O–H groups in total. The van der Waals surface area contributed by atoms with Crippen molar-refractivity contribution >= 4 is 34.5 Å². The minimum atomic E-state index is -0.565. The van der Waals surface area contributed by atoms with Crippen molar-refractivity contribution < 1.29 is 14.0 Å². The molecule has 3 heterocycles. The molecule has 0 fully saturated rings. The number of nitrogens with zero attached hydrogens (tertiary/aromatic N) is 4. The van der Waals surface area contributed by atoms with E-state index in [9.17, 15) is 14.0 Å². The summed E-state index contributed by atoms with van der Waals surface area (Å²) in [4.78, 5) is 34.7. The minimum Gasteiger partial charge on any atom is -0.322 e. The van der Waals surface area contributed by atoms with Gasteiger partial charge in [-0.3, -0.25) is 14.6 Å². The van der Waals surface area contributed by atoms with Gasteiger partial charge in [0.1, 0.15) is 5.82 Å². The highest BCUT2D eigenvalue weighted by Gasteiger charge is 2.20. The zero-order chi connectivity index (χ0) is 24.2. The van der Waals surface area contributed by atoms with Crippen LogP contribution >= 0.6 is 11.3 Å². The van der Waals surface area contributed by atoms with Gasteiger partial charge in [0.2, 0.25) is 5.82 Å². The highest BCUT2D eigenvalue weighted by atomic mass is 32.1. The van der Waals surface area contributed by atoms with E-state index in [1.807, 2.05) is 17.5 Å². The second-order valence-corrected chi connectivity index (χ2v) is 8.30. The van der Waals surface area contributed by atoms with Gasteiger partial charge < -0.3 is 10.6 Å². The van der Waals surface area contributed by atoms with Crippen molar-refractivity contribution in [3.63, 3.8) is 0 Å². The number of rotatable bonds is 6. The van der Waals surface area contributed by atoms with Gasteiger partial charge in [0, 0.05) is 29.3 Å². The fourth-order valence-electron chi connectivity index (χ4n) is 3.33. The van der Waals surface area contributed by atoms with Crippen molar-refractivity contribution in [3.8, 4) is 16.4 Å². The quantitative estimate of drug-likeness (QED) is 0.352. The summed E-state index contributed by atoms with van der Waals surface area (Å²) in [5.41, 5.74) is 1.80. The van der Waals surface area contributed by atoms with Crippen LogP contribution in [-0.2, 0) is 0 Å². The number of carbonyl (C=O) groups excluding carboxylic acids is 2. The molecule has 5 aromatic rings. The first-order chi connectivity index (χ1) is 17.1. The molecule has 0 aliphatic carbocycles. The Balaban J connectivity index is 1.40. The maximum absolute atomic E-state index is 13.8. The van der Waals surface area contributed by atoms with Gasteiger partial charge in [-0.05, 0) is 60.0 Å². The van der Waals surface area contributed by atoms with E-state index < -0.39 is 11.7 Å². The summed E-state index contributed by atoms with van der Waals surface area (Å²) in [6.45, 7) is 0. The molecule has 5 rings (SSSR count). The van der Waals surface area contributed by atoms with Crippen molar-refractivity contribution in [1.29, 1.82) is 0 Å². The highest BCUT2D eigenvalue weighted by Crippen LogP contribution is 2.26. The molecule has 35 heavy (non-hydrogen) atoms. The van der Waals surface area contributed by atoms with Gasteiger partial charge in [-0.2, -0.15) is 0 Å². The number of amides is 2. The summed E-state index contributed by atoms with van der Waals surface area (Å²) < 4.78 is 15.3. The number of nitrogens with one attached hydrogen (secondary N) is 2. The standard InChI is InChI=1S/C25H17FN6O2S/c26-17-5-2-7-20(15-17)32-23(21-8-3-13-35-21)30-22(31-32)25(34)29-19-6-1-4-16(14-19)24(33)28-18-9-11-27-12-10-18/h1-15H,(H,29,34)(H,27,28,33). The van der Waals surface area contributed by atoms with E-state index in [-0.39, 0.29) is 11.7 Å². The summed E-state index contributed by atoms with van der Waals surface area (Å²) in [6, 6.07) is 19.5. The monoisotopic (exact) mass is 484 g/mol. The molecule has 172 valence electrons. The lowest BCUT2D eigenvalue weighted by Gasteiger charge is -2.07. The fourth-order valence-corrected chi connectivity index (χ4v) is 4.02. The predicted octanol–water partition coefficient (Wildman–Crippen LogP) is 5.03. The normalized spacial score (nSPS) is 10.7.